The second-order valence-electron chi connectivity index (χ2n) is 6.73. The topological polar surface area (TPSA) is 85.0 Å². The lowest BCUT2D eigenvalue weighted by Gasteiger charge is -2.22. The van der Waals surface area contributed by atoms with Crippen LogP contribution < -0.4 is 5.73 Å². The first-order valence-electron chi connectivity index (χ1n) is 8.36. The molecule has 2 heterocycles. The number of carbonyl (C=O) groups is 1. The predicted molar refractivity (Wildman–Crippen MR) is 92.1 cm³/mol. The highest BCUT2D eigenvalue weighted by atomic mass is 16.2. The van der Waals surface area contributed by atoms with E-state index in [0.29, 0.717) is 18.2 Å². The van der Waals surface area contributed by atoms with E-state index in [4.69, 9.17) is 5.73 Å². The molecule has 0 aromatic carbocycles. The van der Waals surface area contributed by atoms with Crippen LogP contribution >= 0.6 is 0 Å². The molecule has 1 amide bonds. The van der Waals surface area contributed by atoms with Gasteiger partial charge in [-0.2, -0.15) is 0 Å². The van der Waals surface area contributed by atoms with Gasteiger partial charge in [0.2, 0.25) is 5.95 Å². The van der Waals surface area contributed by atoms with Crippen LogP contribution in [0.2, 0.25) is 0 Å². The summed E-state index contributed by atoms with van der Waals surface area (Å²) < 4.78 is 0. The molecule has 24 heavy (non-hydrogen) atoms. The van der Waals surface area contributed by atoms with Crippen LogP contribution in [0.25, 0.3) is 0 Å². The van der Waals surface area contributed by atoms with Crippen LogP contribution in [0.4, 0.5) is 5.95 Å². The van der Waals surface area contributed by atoms with E-state index in [1.165, 1.54) is 0 Å². The number of nitrogen functional groups attached to an aromatic ring is 1. The normalized spacial score (nSPS) is 14.0. The molecule has 1 aliphatic carbocycles. The summed E-state index contributed by atoms with van der Waals surface area (Å²) in [6.07, 6.45) is 6.37. The number of amides is 1. The molecule has 1 aliphatic rings. The molecule has 0 aliphatic heterocycles. The number of anilines is 1. The number of carbonyl (C=O) groups excluding carboxylic acids is 1. The fraction of sp³-hybridized carbons (Fsp3) is 0.444. The van der Waals surface area contributed by atoms with Crippen LogP contribution in [-0.2, 0) is 13.0 Å². The Kier molecular flexibility index (Phi) is 4.74. The first-order chi connectivity index (χ1) is 11.5. The van der Waals surface area contributed by atoms with Gasteiger partial charge in [-0.15, -0.1) is 0 Å². The van der Waals surface area contributed by atoms with Crippen LogP contribution in [0.1, 0.15) is 48.4 Å². The molecule has 0 atom stereocenters. The third-order valence-corrected chi connectivity index (χ3v) is 3.96. The number of hydrogen-bond acceptors (Lipinski definition) is 5. The van der Waals surface area contributed by atoms with E-state index in [0.717, 1.165) is 30.5 Å². The standard InChI is InChI=1S/C18H23N5O/c1-12(2)8-14-9-16(22-18(19)21-14)17(24)23(15-5-6-15)11-13-4-3-7-20-10-13/h3-4,7,9-10,12,15H,5-6,8,11H2,1-2H3,(H2,19,21,22). The van der Waals surface area contributed by atoms with Crippen molar-refractivity contribution in [1.29, 1.82) is 0 Å². The third-order valence-electron chi connectivity index (χ3n) is 3.96. The molecule has 0 radical (unpaired) electrons. The summed E-state index contributed by atoms with van der Waals surface area (Å²) in [4.78, 5) is 27.4. The fourth-order valence-electron chi connectivity index (χ4n) is 2.74. The summed E-state index contributed by atoms with van der Waals surface area (Å²) in [5, 5.41) is 0. The number of nitrogens with two attached hydrogens (primary N) is 1. The smallest absolute Gasteiger partial charge is 0.273 e. The highest BCUT2D eigenvalue weighted by molar-refractivity contribution is 5.93. The molecule has 3 rings (SSSR count). The number of nitrogens with zero attached hydrogens (tertiary/aromatic N) is 4. The third kappa shape index (κ3) is 4.07. The molecule has 126 valence electrons. The van der Waals surface area contributed by atoms with Crippen molar-refractivity contribution in [3.63, 3.8) is 0 Å². The summed E-state index contributed by atoms with van der Waals surface area (Å²) in [5.74, 6) is 0.520. The lowest BCUT2D eigenvalue weighted by atomic mass is 10.1. The fourth-order valence-corrected chi connectivity index (χ4v) is 2.74. The van der Waals surface area contributed by atoms with Gasteiger partial charge in [0, 0.05) is 30.7 Å². The molecular formula is C18H23N5O. The van der Waals surface area contributed by atoms with Crippen molar-refractivity contribution < 1.29 is 4.79 Å². The maximum atomic E-state index is 13.0. The van der Waals surface area contributed by atoms with Gasteiger partial charge in [-0.05, 0) is 42.9 Å². The van der Waals surface area contributed by atoms with Crippen molar-refractivity contribution in [3.05, 3.63) is 47.5 Å². The molecular weight excluding hydrogens is 302 g/mol. The van der Waals surface area contributed by atoms with Crippen molar-refractivity contribution in [2.24, 2.45) is 5.92 Å². The Hall–Kier alpha value is -2.50. The molecule has 0 saturated heterocycles. The van der Waals surface area contributed by atoms with Crippen LogP contribution in [0.15, 0.2) is 30.6 Å². The average Bonchev–Trinajstić information content (AvgIpc) is 3.36. The maximum Gasteiger partial charge on any atom is 0.273 e. The van der Waals surface area contributed by atoms with E-state index in [-0.39, 0.29) is 17.9 Å². The van der Waals surface area contributed by atoms with Gasteiger partial charge in [0.1, 0.15) is 5.69 Å². The van der Waals surface area contributed by atoms with E-state index in [2.05, 4.69) is 28.8 Å². The maximum absolute atomic E-state index is 13.0. The van der Waals surface area contributed by atoms with Crippen molar-refractivity contribution in [1.82, 2.24) is 19.9 Å². The van der Waals surface area contributed by atoms with Crippen LogP contribution in [0.5, 0.6) is 0 Å². The molecule has 1 fully saturated rings. The quantitative estimate of drug-likeness (QED) is 0.882. The molecule has 0 bridgehead atoms. The van der Waals surface area contributed by atoms with Crippen molar-refractivity contribution in [3.8, 4) is 0 Å². The van der Waals surface area contributed by atoms with Gasteiger partial charge in [-0.1, -0.05) is 19.9 Å². The van der Waals surface area contributed by atoms with Crippen LogP contribution in [0, 0.1) is 5.92 Å². The summed E-state index contributed by atoms with van der Waals surface area (Å²) in [6, 6.07) is 5.92. The second-order valence-corrected chi connectivity index (χ2v) is 6.73. The number of hydrogen-bond donors (Lipinski definition) is 1. The number of rotatable bonds is 6. The van der Waals surface area contributed by atoms with Crippen molar-refractivity contribution in [2.45, 2.75) is 45.7 Å². The van der Waals surface area contributed by atoms with Crippen LogP contribution in [0.3, 0.4) is 0 Å². The Bertz CT molecular complexity index is 713. The zero-order valence-corrected chi connectivity index (χ0v) is 14.1. The minimum atomic E-state index is -0.0829. The molecule has 6 nitrogen and oxygen atoms in total. The Morgan fingerprint density at radius 2 is 2.17 bits per heavy atom. The average molecular weight is 325 g/mol. The zero-order chi connectivity index (χ0) is 17.1. The Morgan fingerprint density at radius 1 is 1.38 bits per heavy atom. The highest BCUT2D eigenvalue weighted by Gasteiger charge is 2.34. The van der Waals surface area contributed by atoms with Gasteiger partial charge in [0.15, 0.2) is 0 Å². The zero-order valence-electron chi connectivity index (χ0n) is 14.1. The van der Waals surface area contributed by atoms with Gasteiger partial charge in [0.05, 0.1) is 0 Å². The summed E-state index contributed by atoms with van der Waals surface area (Å²) in [6.45, 7) is 4.76. The highest BCUT2D eigenvalue weighted by Crippen LogP contribution is 2.29. The number of pyridine rings is 1. The molecule has 1 saturated carbocycles. The van der Waals surface area contributed by atoms with E-state index in [1.54, 1.807) is 18.5 Å². The van der Waals surface area contributed by atoms with E-state index >= 15 is 0 Å². The van der Waals surface area contributed by atoms with Crippen molar-refractivity contribution >= 4 is 11.9 Å². The molecule has 6 heteroatoms. The van der Waals surface area contributed by atoms with E-state index < -0.39 is 0 Å². The van der Waals surface area contributed by atoms with Crippen LogP contribution in [-0.4, -0.2) is 31.8 Å². The first kappa shape index (κ1) is 16.4. The van der Waals surface area contributed by atoms with Gasteiger partial charge in [0.25, 0.3) is 5.91 Å². The Morgan fingerprint density at radius 3 is 2.79 bits per heavy atom. The lowest BCUT2D eigenvalue weighted by molar-refractivity contribution is 0.0723. The van der Waals surface area contributed by atoms with Crippen molar-refractivity contribution in [2.75, 3.05) is 5.73 Å². The van der Waals surface area contributed by atoms with Gasteiger partial charge in [-0.25, -0.2) is 9.97 Å². The molecule has 2 aromatic rings. The van der Waals surface area contributed by atoms with Gasteiger partial charge >= 0.3 is 0 Å². The SMILES string of the molecule is CC(C)Cc1cc(C(=O)N(Cc2cccnc2)C2CC2)nc(N)n1. The summed E-state index contributed by atoms with van der Waals surface area (Å²) in [5.41, 5.74) is 8.03. The summed E-state index contributed by atoms with van der Waals surface area (Å²) >= 11 is 0. The lowest BCUT2D eigenvalue weighted by Crippen LogP contribution is -2.33. The number of aromatic nitrogens is 3. The van der Waals surface area contributed by atoms with E-state index in [1.807, 2.05) is 17.0 Å². The minimum Gasteiger partial charge on any atom is -0.368 e. The molecule has 2 aromatic heterocycles. The van der Waals surface area contributed by atoms with E-state index in [9.17, 15) is 4.79 Å². The summed E-state index contributed by atoms with van der Waals surface area (Å²) in [7, 11) is 0. The molecule has 0 spiro atoms. The molecule has 2 N–H and O–H groups in total. The first-order valence-corrected chi connectivity index (χ1v) is 8.36. The Balaban J connectivity index is 1.83. The van der Waals surface area contributed by atoms with Gasteiger partial charge in [-0.3, -0.25) is 9.78 Å². The largest absolute Gasteiger partial charge is 0.368 e. The molecule has 0 unspecified atom stereocenters. The van der Waals surface area contributed by atoms with Gasteiger partial charge < -0.3 is 10.6 Å². The predicted octanol–water partition coefficient (Wildman–Crippen LogP) is 2.46. The second kappa shape index (κ2) is 6.95. The Labute approximate surface area is 142 Å². The monoisotopic (exact) mass is 325 g/mol. The minimum absolute atomic E-state index is 0.0829.